The summed E-state index contributed by atoms with van der Waals surface area (Å²) in [4.78, 5) is 2.33. The Kier molecular flexibility index (Phi) is 4.88. The maximum atomic E-state index is 5.67. The number of hydrogen-bond donors (Lipinski definition) is 1. The summed E-state index contributed by atoms with van der Waals surface area (Å²) in [5.41, 5.74) is 0. The third kappa shape index (κ3) is 3.92. The lowest BCUT2D eigenvalue weighted by Gasteiger charge is -2.26. The van der Waals surface area contributed by atoms with E-state index in [2.05, 4.69) is 44.5 Å². The van der Waals surface area contributed by atoms with Gasteiger partial charge >= 0.3 is 0 Å². The SMILES string of the molecule is BrC1=CN(CCCC2CNCCO2)CC=C1. The second kappa shape index (κ2) is 6.42. The van der Waals surface area contributed by atoms with Crippen LogP contribution in [-0.2, 0) is 4.74 Å². The van der Waals surface area contributed by atoms with Crippen molar-refractivity contribution in [3.63, 3.8) is 0 Å². The standard InChI is InChI=1S/C12H19BrN2O/c13-11-3-1-6-15(10-11)7-2-4-12-9-14-5-8-16-12/h1,3,10,12,14H,2,4-9H2. The molecule has 1 saturated heterocycles. The maximum absolute atomic E-state index is 5.67. The van der Waals surface area contributed by atoms with Crippen LogP contribution in [0.1, 0.15) is 12.8 Å². The quantitative estimate of drug-likeness (QED) is 0.854. The summed E-state index contributed by atoms with van der Waals surface area (Å²) in [6.45, 7) is 5.02. The Bertz CT molecular complexity index is 272. The Morgan fingerprint density at radius 3 is 3.25 bits per heavy atom. The summed E-state index contributed by atoms with van der Waals surface area (Å²) < 4.78 is 6.83. The molecule has 1 unspecified atom stereocenters. The zero-order chi connectivity index (χ0) is 11.2. The zero-order valence-electron chi connectivity index (χ0n) is 9.49. The van der Waals surface area contributed by atoms with E-state index in [0.29, 0.717) is 6.10 Å². The van der Waals surface area contributed by atoms with Gasteiger partial charge in [0.2, 0.25) is 0 Å². The van der Waals surface area contributed by atoms with E-state index in [1.807, 2.05) is 0 Å². The van der Waals surface area contributed by atoms with Crippen LogP contribution in [0, 0.1) is 0 Å². The lowest BCUT2D eigenvalue weighted by atomic mass is 10.1. The van der Waals surface area contributed by atoms with Crippen molar-refractivity contribution in [2.24, 2.45) is 0 Å². The molecule has 2 aliphatic rings. The van der Waals surface area contributed by atoms with Gasteiger partial charge in [0.15, 0.2) is 0 Å². The highest BCUT2D eigenvalue weighted by Gasteiger charge is 2.13. The van der Waals surface area contributed by atoms with Crippen LogP contribution in [0.5, 0.6) is 0 Å². The largest absolute Gasteiger partial charge is 0.376 e. The fourth-order valence-corrected chi connectivity index (χ4v) is 2.53. The summed E-state index contributed by atoms with van der Waals surface area (Å²) in [6, 6.07) is 0. The molecule has 0 amide bonds. The Balaban J connectivity index is 1.62. The van der Waals surface area contributed by atoms with Crippen LogP contribution in [0.15, 0.2) is 22.8 Å². The molecule has 4 heteroatoms. The highest BCUT2D eigenvalue weighted by atomic mass is 79.9. The molecule has 90 valence electrons. The molecule has 0 spiro atoms. The van der Waals surface area contributed by atoms with Gasteiger partial charge in [-0.25, -0.2) is 0 Å². The van der Waals surface area contributed by atoms with Gasteiger partial charge in [-0.3, -0.25) is 0 Å². The smallest absolute Gasteiger partial charge is 0.0700 e. The first-order valence-electron chi connectivity index (χ1n) is 5.95. The molecule has 1 atom stereocenters. The molecule has 0 saturated carbocycles. The van der Waals surface area contributed by atoms with Gasteiger partial charge in [-0.15, -0.1) is 0 Å². The van der Waals surface area contributed by atoms with E-state index < -0.39 is 0 Å². The minimum absolute atomic E-state index is 0.418. The maximum Gasteiger partial charge on any atom is 0.0700 e. The Morgan fingerprint density at radius 1 is 1.56 bits per heavy atom. The van der Waals surface area contributed by atoms with Crippen LogP contribution in [0.25, 0.3) is 0 Å². The van der Waals surface area contributed by atoms with Gasteiger partial charge in [0.05, 0.1) is 12.7 Å². The average molecular weight is 287 g/mol. The van der Waals surface area contributed by atoms with Crippen LogP contribution in [0.3, 0.4) is 0 Å². The van der Waals surface area contributed by atoms with Crippen molar-refractivity contribution < 1.29 is 4.74 Å². The van der Waals surface area contributed by atoms with Gasteiger partial charge in [-0.05, 0) is 34.8 Å². The third-order valence-corrected chi connectivity index (χ3v) is 3.37. The monoisotopic (exact) mass is 286 g/mol. The summed E-state index contributed by atoms with van der Waals surface area (Å²) in [6.07, 6.45) is 9.21. The number of ether oxygens (including phenoxy) is 1. The number of hydrogen-bond acceptors (Lipinski definition) is 3. The van der Waals surface area contributed by atoms with Crippen molar-refractivity contribution in [1.82, 2.24) is 10.2 Å². The van der Waals surface area contributed by atoms with Crippen LogP contribution < -0.4 is 5.32 Å². The van der Waals surface area contributed by atoms with Gasteiger partial charge in [-0.2, -0.15) is 0 Å². The summed E-state index contributed by atoms with van der Waals surface area (Å²) in [7, 11) is 0. The van der Waals surface area contributed by atoms with Crippen molar-refractivity contribution >= 4 is 15.9 Å². The van der Waals surface area contributed by atoms with E-state index >= 15 is 0 Å². The number of nitrogens with one attached hydrogen (secondary N) is 1. The van der Waals surface area contributed by atoms with Crippen molar-refractivity contribution in [2.45, 2.75) is 18.9 Å². The van der Waals surface area contributed by atoms with Gasteiger partial charge in [0, 0.05) is 36.9 Å². The normalized spacial score (nSPS) is 25.7. The van der Waals surface area contributed by atoms with E-state index in [4.69, 9.17) is 4.74 Å². The molecule has 0 aliphatic carbocycles. The molecule has 16 heavy (non-hydrogen) atoms. The predicted molar refractivity (Wildman–Crippen MR) is 69.6 cm³/mol. The average Bonchev–Trinajstić information content (AvgIpc) is 2.30. The molecule has 1 N–H and O–H groups in total. The van der Waals surface area contributed by atoms with Gasteiger partial charge in [0.25, 0.3) is 0 Å². The minimum Gasteiger partial charge on any atom is -0.376 e. The molecule has 0 radical (unpaired) electrons. The van der Waals surface area contributed by atoms with E-state index in [9.17, 15) is 0 Å². The van der Waals surface area contributed by atoms with Crippen molar-refractivity contribution in [3.8, 4) is 0 Å². The van der Waals surface area contributed by atoms with E-state index in [-0.39, 0.29) is 0 Å². The Hall–Kier alpha value is -0.320. The first kappa shape index (κ1) is 12.1. The topological polar surface area (TPSA) is 24.5 Å². The number of rotatable bonds is 4. The number of halogens is 1. The molecule has 0 aromatic carbocycles. The molecule has 1 fully saturated rings. The molecule has 3 nitrogen and oxygen atoms in total. The third-order valence-electron chi connectivity index (χ3n) is 2.90. The highest BCUT2D eigenvalue weighted by Crippen LogP contribution is 2.14. The van der Waals surface area contributed by atoms with E-state index in [1.54, 1.807) is 0 Å². The van der Waals surface area contributed by atoms with Gasteiger partial charge in [-0.1, -0.05) is 6.08 Å². The summed E-state index contributed by atoms with van der Waals surface area (Å²) in [5, 5.41) is 3.36. The van der Waals surface area contributed by atoms with Crippen molar-refractivity contribution in [1.29, 1.82) is 0 Å². The van der Waals surface area contributed by atoms with Crippen LogP contribution >= 0.6 is 15.9 Å². The number of allylic oxidation sites excluding steroid dienone is 2. The van der Waals surface area contributed by atoms with Crippen LogP contribution in [0.2, 0.25) is 0 Å². The fourth-order valence-electron chi connectivity index (χ4n) is 2.05. The number of nitrogens with zero attached hydrogens (tertiary/aromatic N) is 1. The molecule has 0 bridgehead atoms. The molecule has 0 aromatic rings. The van der Waals surface area contributed by atoms with Crippen molar-refractivity contribution in [3.05, 3.63) is 22.8 Å². The molecule has 0 aromatic heterocycles. The van der Waals surface area contributed by atoms with E-state index in [0.717, 1.165) is 43.7 Å². The Labute approximate surface area is 106 Å². The first-order chi connectivity index (χ1) is 7.84. The van der Waals surface area contributed by atoms with Gasteiger partial charge in [0.1, 0.15) is 0 Å². The fraction of sp³-hybridized carbons (Fsp3) is 0.667. The minimum atomic E-state index is 0.418. The molecular formula is C12H19BrN2O. The summed E-state index contributed by atoms with van der Waals surface area (Å²) >= 11 is 3.50. The molecule has 2 aliphatic heterocycles. The molecular weight excluding hydrogens is 268 g/mol. The van der Waals surface area contributed by atoms with Crippen LogP contribution in [-0.4, -0.2) is 43.8 Å². The van der Waals surface area contributed by atoms with Crippen molar-refractivity contribution in [2.75, 3.05) is 32.8 Å². The first-order valence-corrected chi connectivity index (χ1v) is 6.74. The lowest BCUT2D eigenvalue weighted by molar-refractivity contribution is 0.0215. The molecule has 2 rings (SSSR count). The highest BCUT2D eigenvalue weighted by molar-refractivity contribution is 9.11. The molecule has 2 heterocycles. The Morgan fingerprint density at radius 2 is 2.50 bits per heavy atom. The zero-order valence-corrected chi connectivity index (χ0v) is 11.1. The van der Waals surface area contributed by atoms with Crippen LogP contribution in [0.4, 0.5) is 0 Å². The number of morpholine rings is 1. The second-order valence-corrected chi connectivity index (χ2v) is 5.17. The van der Waals surface area contributed by atoms with E-state index in [1.165, 1.54) is 6.42 Å². The predicted octanol–water partition coefficient (Wildman–Crippen LogP) is 1.86. The summed E-state index contributed by atoms with van der Waals surface area (Å²) in [5.74, 6) is 0. The van der Waals surface area contributed by atoms with Gasteiger partial charge < -0.3 is 15.0 Å². The lowest BCUT2D eigenvalue weighted by Crippen LogP contribution is -2.38. The second-order valence-electron chi connectivity index (χ2n) is 4.25.